The van der Waals surface area contributed by atoms with Gasteiger partial charge in [-0.05, 0) is 13.8 Å². The van der Waals surface area contributed by atoms with Crippen LogP contribution in [0.25, 0.3) is 0 Å². The summed E-state index contributed by atoms with van der Waals surface area (Å²) in [7, 11) is 0. The first-order chi connectivity index (χ1) is 7.20. The van der Waals surface area contributed by atoms with E-state index in [2.05, 4.69) is 17.2 Å². The van der Waals surface area contributed by atoms with Gasteiger partial charge < -0.3 is 10.1 Å². The van der Waals surface area contributed by atoms with Crippen LogP contribution in [0.15, 0.2) is 0 Å². The first kappa shape index (κ1) is 13.5. The fourth-order valence-electron chi connectivity index (χ4n) is 0.927. The van der Waals surface area contributed by atoms with Crippen LogP contribution in [0.2, 0.25) is 0 Å². The molecule has 0 aliphatic carbocycles. The van der Waals surface area contributed by atoms with E-state index >= 15 is 0 Å². The van der Waals surface area contributed by atoms with Crippen molar-refractivity contribution in [3.05, 3.63) is 0 Å². The predicted molar refractivity (Wildman–Crippen MR) is 56.9 cm³/mol. The molecule has 0 atom stereocenters. The van der Waals surface area contributed by atoms with Crippen molar-refractivity contribution < 1.29 is 14.3 Å². The molecule has 0 aromatic heterocycles. The number of hydrogen-bond acceptors (Lipinski definition) is 3. The molecule has 1 N–H and O–H groups in total. The molecule has 1 amide bonds. The largest absolute Gasteiger partial charge is 0.466 e. The fraction of sp³-hybridized carbons (Fsp3) is 0.636. The standard InChI is InChI=1S/C11H17NO3/c1-3-5-6-9-12-10(13)7-8-11(14)15-4-2/h4,6-9H2,1-2H3,(H,12,13). The number of carbonyl (C=O) groups is 2. The van der Waals surface area contributed by atoms with Crippen LogP contribution in [0.5, 0.6) is 0 Å². The zero-order chi connectivity index (χ0) is 11.5. The lowest BCUT2D eigenvalue weighted by atomic mass is 10.3. The number of ether oxygens (including phenoxy) is 1. The molecule has 0 aromatic carbocycles. The summed E-state index contributed by atoms with van der Waals surface area (Å²) < 4.78 is 4.69. The molecular weight excluding hydrogens is 194 g/mol. The van der Waals surface area contributed by atoms with Crippen LogP contribution in [0, 0.1) is 11.8 Å². The SMILES string of the molecule is CC#CCCNC(=O)CCC(=O)OCC. The highest BCUT2D eigenvalue weighted by molar-refractivity contribution is 5.81. The van der Waals surface area contributed by atoms with Crippen LogP contribution in [0.3, 0.4) is 0 Å². The first-order valence-electron chi connectivity index (χ1n) is 5.02. The molecule has 0 aromatic rings. The van der Waals surface area contributed by atoms with Crippen molar-refractivity contribution in [3.8, 4) is 11.8 Å². The van der Waals surface area contributed by atoms with E-state index in [4.69, 9.17) is 4.74 Å². The molecule has 4 heteroatoms. The van der Waals surface area contributed by atoms with Gasteiger partial charge in [0.25, 0.3) is 0 Å². The zero-order valence-corrected chi connectivity index (χ0v) is 9.26. The van der Waals surface area contributed by atoms with E-state index in [1.807, 2.05) is 0 Å². The van der Waals surface area contributed by atoms with E-state index in [1.165, 1.54) is 0 Å². The van der Waals surface area contributed by atoms with Crippen molar-refractivity contribution in [1.82, 2.24) is 5.32 Å². The summed E-state index contributed by atoms with van der Waals surface area (Å²) in [6.07, 6.45) is 0.958. The molecule has 0 aliphatic heterocycles. The van der Waals surface area contributed by atoms with Crippen LogP contribution in [0.1, 0.15) is 33.1 Å². The summed E-state index contributed by atoms with van der Waals surface area (Å²) in [5.74, 6) is 5.10. The molecule has 0 aliphatic rings. The van der Waals surface area contributed by atoms with Gasteiger partial charge in [0.1, 0.15) is 0 Å². The van der Waals surface area contributed by atoms with Gasteiger partial charge in [-0.25, -0.2) is 0 Å². The number of carbonyl (C=O) groups excluding carboxylic acids is 2. The summed E-state index contributed by atoms with van der Waals surface area (Å²) in [5, 5.41) is 2.67. The molecule has 0 heterocycles. The fourth-order valence-corrected chi connectivity index (χ4v) is 0.927. The highest BCUT2D eigenvalue weighted by Gasteiger charge is 2.06. The van der Waals surface area contributed by atoms with E-state index in [-0.39, 0.29) is 24.7 Å². The number of hydrogen-bond donors (Lipinski definition) is 1. The monoisotopic (exact) mass is 211 g/mol. The average Bonchev–Trinajstić information content (AvgIpc) is 2.22. The summed E-state index contributed by atoms with van der Waals surface area (Å²) in [4.78, 5) is 22.0. The van der Waals surface area contributed by atoms with Crippen molar-refractivity contribution in [1.29, 1.82) is 0 Å². The van der Waals surface area contributed by atoms with Gasteiger partial charge in [0.15, 0.2) is 0 Å². The maximum absolute atomic E-state index is 11.1. The molecule has 0 unspecified atom stereocenters. The van der Waals surface area contributed by atoms with Crippen LogP contribution in [-0.4, -0.2) is 25.0 Å². The zero-order valence-electron chi connectivity index (χ0n) is 9.26. The normalized spacial score (nSPS) is 8.67. The second kappa shape index (κ2) is 9.07. The second-order valence-corrected chi connectivity index (χ2v) is 2.83. The van der Waals surface area contributed by atoms with Crippen LogP contribution in [0.4, 0.5) is 0 Å². The number of rotatable bonds is 6. The first-order valence-corrected chi connectivity index (χ1v) is 5.02. The van der Waals surface area contributed by atoms with Crippen molar-refractivity contribution in [2.24, 2.45) is 0 Å². The lowest BCUT2D eigenvalue weighted by Gasteiger charge is -2.02. The van der Waals surface area contributed by atoms with Gasteiger partial charge in [-0.15, -0.1) is 11.8 Å². The Morgan fingerprint density at radius 2 is 2.07 bits per heavy atom. The van der Waals surface area contributed by atoms with E-state index in [0.717, 1.165) is 0 Å². The molecule has 0 bridgehead atoms. The van der Waals surface area contributed by atoms with Gasteiger partial charge in [0.05, 0.1) is 13.0 Å². The van der Waals surface area contributed by atoms with Crippen LogP contribution >= 0.6 is 0 Å². The van der Waals surface area contributed by atoms with E-state index in [9.17, 15) is 9.59 Å². The van der Waals surface area contributed by atoms with E-state index in [0.29, 0.717) is 19.6 Å². The third-order valence-electron chi connectivity index (χ3n) is 1.61. The van der Waals surface area contributed by atoms with Gasteiger partial charge in [-0.2, -0.15) is 0 Å². The van der Waals surface area contributed by atoms with Crippen LogP contribution in [-0.2, 0) is 14.3 Å². The van der Waals surface area contributed by atoms with Gasteiger partial charge in [0, 0.05) is 19.4 Å². The Kier molecular flexibility index (Phi) is 8.16. The molecule has 0 fully saturated rings. The minimum absolute atomic E-state index is 0.138. The maximum Gasteiger partial charge on any atom is 0.306 e. The Hall–Kier alpha value is -1.50. The number of nitrogens with one attached hydrogen (secondary N) is 1. The van der Waals surface area contributed by atoms with Crippen molar-refractivity contribution in [2.45, 2.75) is 33.1 Å². The molecule has 84 valence electrons. The molecule has 15 heavy (non-hydrogen) atoms. The minimum Gasteiger partial charge on any atom is -0.466 e. The summed E-state index contributed by atoms with van der Waals surface area (Å²) in [5.41, 5.74) is 0. The molecule has 0 radical (unpaired) electrons. The maximum atomic E-state index is 11.1. The molecule has 4 nitrogen and oxygen atoms in total. The van der Waals surface area contributed by atoms with E-state index < -0.39 is 0 Å². The predicted octanol–water partition coefficient (Wildman–Crippen LogP) is 0.859. The average molecular weight is 211 g/mol. The minimum atomic E-state index is -0.332. The van der Waals surface area contributed by atoms with Crippen molar-refractivity contribution in [3.63, 3.8) is 0 Å². The van der Waals surface area contributed by atoms with E-state index in [1.54, 1.807) is 13.8 Å². The lowest BCUT2D eigenvalue weighted by Crippen LogP contribution is -2.24. The Morgan fingerprint density at radius 3 is 2.67 bits per heavy atom. The Bertz CT molecular complexity index is 263. The summed E-state index contributed by atoms with van der Waals surface area (Å²) in [6, 6.07) is 0. The van der Waals surface area contributed by atoms with Gasteiger partial charge in [-0.3, -0.25) is 9.59 Å². The Balaban J connectivity index is 3.47. The van der Waals surface area contributed by atoms with Crippen LogP contribution < -0.4 is 5.32 Å². The molecule has 0 saturated carbocycles. The summed E-state index contributed by atoms with van der Waals surface area (Å²) >= 11 is 0. The van der Waals surface area contributed by atoms with Gasteiger partial charge >= 0.3 is 5.97 Å². The third kappa shape index (κ3) is 8.82. The molecule has 0 saturated heterocycles. The van der Waals surface area contributed by atoms with Crippen molar-refractivity contribution >= 4 is 11.9 Å². The lowest BCUT2D eigenvalue weighted by molar-refractivity contribution is -0.144. The smallest absolute Gasteiger partial charge is 0.306 e. The summed E-state index contributed by atoms with van der Waals surface area (Å²) in [6.45, 7) is 4.37. The Labute approximate surface area is 90.4 Å². The topological polar surface area (TPSA) is 55.4 Å². The molecule has 0 spiro atoms. The van der Waals surface area contributed by atoms with Gasteiger partial charge in [-0.1, -0.05) is 0 Å². The second-order valence-electron chi connectivity index (χ2n) is 2.83. The van der Waals surface area contributed by atoms with Crippen molar-refractivity contribution in [2.75, 3.05) is 13.2 Å². The third-order valence-corrected chi connectivity index (χ3v) is 1.61. The number of amides is 1. The Morgan fingerprint density at radius 1 is 1.33 bits per heavy atom. The number of esters is 1. The van der Waals surface area contributed by atoms with Gasteiger partial charge in [0.2, 0.25) is 5.91 Å². The highest BCUT2D eigenvalue weighted by Crippen LogP contribution is 1.92. The quantitative estimate of drug-likeness (QED) is 0.403. The molecule has 0 rings (SSSR count). The molecular formula is C11H17NO3. The highest BCUT2D eigenvalue weighted by atomic mass is 16.5.